The smallest absolute Gasteiger partial charge is 0.416 e. The molecule has 0 bridgehead atoms. The molecule has 2 rings (SSSR count). The van der Waals surface area contributed by atoms with E-state index in [1.807, 2.05) is 0 Å². The molecule has 0 aliphatic heterocycles. The van der Waals surface area contributed by atoms with Crippen molar-refractivity contribution in [3.05, 3.63) is 69.3 Å². The number of carboxylic acids is 1. The van der Waals surface area contributed by atoms with Gasteiger partial charge in [-0.25, -0.2) is 4.79 Å². The summed E-state index contributed by atoms with van der Waals surface area (Å²) in [6, 6.07) is 5.35. The number of halogens is 3. The van der Waals surface area contributed by atoms with Crippen LogP contribution in [0.4, 0.5) is 18.9 Å². The van der Waals surface area contributed by atoms with Gasteiger partial charge >= 0.3 is 12.1 Å². The van der Waals surface area contributed by atoms with Crippen LogP contribution in [0.15, 0.2) is 42.5 Å². The highest BCUT2D eigenvalue weighted by atomic mass is 19.4. The van der Waals surface area contributed by atoms with E-state index in [1.165, 1.54) is 19.2 Å². The number of nitrogens with one attached hydrogen (secondary N) is 1. The molecule has 2 aromatic carbocycles. The lowest BCUT2D eigenvalue weighted by Gasteiger charge is -2.16. The van der Waals surface area contributed by atoms with Crippen LogP contribution in [-0.2, 0) is 17.4 Å². The quantitative estimate of drug-likeness (QED) is 0.533. The summed E-state index contributed by atoms with van der Waals surface area (Å²) in [5.41, 5.74) is -1.25. The second-order valence-electron chi connectivity index (χ2n) is 5.90. The second kappa shape index (κ2) is 8.59. The zero-order chi connectivity index (χ0) is 21.8. The van der Waals surface area contributed by atoms with E-state index in [4.69, 9.17) is 4.74 Å². The predicted molar refractivity (Wildman–Crippen MR) is 93.7 cm³/mol. The minimum Gasteiger partial charge on any atom is -0.496 e. The number of ether oxygens (including phenoxy) is 1. The number of carboxylic acid groups (broad SMARTS) is 1. The van der Waals surface area contributed by atoms with Crippen molar-refractivity contribution in [1.82, 2.24) is 5.32 Å². The number of amides is 1. The Bertz CT molecular complexity index is 928. The molecule has 2 aromatic rings. The van der Waals surface area contributed by atoms with Crippen LogP contribution in [0.3, 0.4) is 0 Å². The molecule has 29 heavy (non-hydrogen) atoms. The Hall–Kier alpha value is -3.63. The maximum Gasteiger partial charge on any atom is 0.416 e. The van der Waals surface area contributed by atoms with E-state index in [9.17, 15) is 38.0 Å². The van der Waals surface area contributed by atoms with E-state index in [1.54, 1.807) is 0 Å². The van der Waals surface area contributed by atoms with Crippen molar-refractivity contribution in [3.8, 4) is 5.75 Å². The Balaban J connectivity index is 2.23. The van der Waals surface area contributed by atoms with Gasteiger partial charge in [-0.3, -0.25) is 14.9 Å². The van der Waals surface area contributed by atoms with Crippen LogP contribution in [0.1, 0.15) is 21.5 Å². The number of hydrogen-bond acceptors (Lipinski definition) is 5. The molecule has 1 amide bonds. The van der Waals surface area contributed by atoms with E-state index in [-0.39, 0.29) is 29.0 Å². The zero-order valence-electron chi connectivity index (χ0n) is 14.9. The van der Waals surface area contributed by atoms with E-state index < -0.39 is 34.6 Å². The molecule has 1 atom stereocenters. The third-order valence-electron chi connectivity index (χ3n) is 3.98. The first kappa shape index (κ1) is 21.7. The monoisotopic (exact) mass is 412 g/mol. The Morgan fingerprint density at radius 1 is 1.21 bits per heavy atom. The summed E-state index contributed by atoms with van der Waals surface area (Å²) in [4.78, 5) is 34.0. The van der Waals surface area contributed by atoms with Crippen LogP contribution in [0, 0.1) is 10.1 Å². The summed E-state index contributed by atoms with van der Waals surface area (Å²) in [5.74, 6) is -2.15. The minimum absolute atomic E-state index is 0.168. The fourth-order valence-corrected chi connectivity index (χ4v) is 2.51. The fraction of sp³-hybridized carbons (Fsp3) is 0.222. The predicted octanol–water partition coefficient (Wildman–Crippen LogP) is 3.05. The molecule has 154 valence electrons. The van der Waals surface area contributed by atoms with E-state index >= 15 is 0 Å². The molecule has 0 aromatic heterocycles. The number of carbonyl (C=O) groups is 2. The van der Waals surface area contributed by atoms with Gasteiger partial charge in [-0.1, -0.05) is 0 Å². The van der Waals surface area contributed by atoms with Gasteiger partial charge in [0.05, 0.1) is 17.6 Å². The number of carbonyl (C=O) groups excluding carboxylic acids is 1. The number of hydrogen-bond donors (Lipinski definition) is 2. The van der Waals surface area contributed by atoms with Crippen molar-refractivity contribution in [3.63, 3.8) is 0 Å². The number of nitro groups is 1. The number of nitro benzene ring substituents is 1. The van der Waals surface area contributed by atoms with Crippen molar-refractivity contribution in [1.29, 1.82) is 0 Å². The summed E-state index contributed by atoms with van der Waals surface area (Å²) < 4.78 is 42.9. The van der Waals surface area contributed by atoms with E-state index in [0.29, 0.717) is 12.1 Å². The molecular formula is C18H15F3N2O6. The van der Waals surface area contributed by atoms with Crippen LogP contribution in [-0.4, -0.2) is 35.1 Å². The van der Waals surface area contributed by atoms with E-state index in [2.05, 4.69) is 5.32 Å². The largest absolute Gasteiger partial charge is 0.496 e. The van der Waals surface area contributed by atoms with Crippen LogP contribution in [0.25, 0.3) is 0 Å². The number of benzene rings is 2. The van der Waals surface area contributed by atoms with Crippen molar-refractivity contribution in [2.75, 3.05) is 7.11 Å². The van der Waals surface area contributed by atoms with Crippen LogP contribution in [0.2, 0.25) is 0 Å². The molecular weight excluding hydrogens is 397 g/mol. The van der Waals surface area contributed by atoms with Crippen molar-refractivity contribution < 1.29 is 37.5 Å². The summed E-state index contributed by atoms with van der Waals surface area (Å²) in [6.45, 7) is 0. The first-order valence-corrected chi connectivity index (χ1v) is 8.05. The average molecular weight is 412 g/mol. The topological polar surface area (TPSA) is 119 Å². The molecule has 0 unspecified atom stereocenters. The molecule has 0 saturated carbocycles. The van der Waals surface area contributed by atoms with Crippen LogP contribution in [0.5, 0.6) is 5.75 Å². The third kappa shape index (κ3) is 5.43. The Kier molecular flexibility index (Phi) is 6.42. The average Bonchev–Trinajstić information content (AvgIpc) is 2.66. The van der Waals surface area contributed by atoms with Crippen molar-refractivity contribution >= 4 is 17.6 Å². The normalized spacial score (nSPS) is 12.1. The highest BCUT2D eigenvalue weighted by Crippen LogP contribution is 2.29. The maximum absolute atomic E-state index is 12.6. The first-order valence-electron chi connectivity index (χ1n) is 8.05. The lowest BCUT2D eigenvalue weighted by molar-refractivity contribution is -0.384. The lowest BCUT2D eigenvalue weighted by atomic mass is 10.0. The van der Waals surface area contributed by atoms with E-state index in [0.717, 1.165) is 18.2 Å². The molecule has 0 saturated heterocycles. The number of nitrogens with zero attached hydrogens (tertiary/aromatic N) is 1. The molecule has 2 N–H and O–H groups in total. The molecule has 0 aliphatic rings. The standard InChI is InChI=1S/C18H15F3N2O6/c1-29-15-7-6-13(23(27)28)8-11(15)9-14(17(25)26)22-16(24)10-2-4-12(5-3-10)18(19,20)21/h2-8,14H,9H2,1H3,(H,22,24)(H,25,26)/t14-/m0/s1. The summed E-state index contributed by atoms with van der Waals surface area (Å²) >= 11 is 0. The van der Waals surface area contributed by atoms with Gasteiger partial charge in [0.1, 0.15) is 11.8 Å². The lowest BCUT2D eigenvalue weighted by Crippen LogP contribution is -2.42. The summed E-state index contributed by atoms with van der Waals surface area (Å²) in [5, 5.41) is 22.5. The van der Waals surface area contributed by atoms with Crippen molar-refractivity contribution in [2.24, 2.45) is 0 Å². The number of alkyl halides is 3. The minimum atomic E-state index is -4.57. The van der Waals surface area contributed by atoms with Gasteiger partial charge in [0.25, 0.3) is 11.6 Å². The molecule has 0 aliphatic carbocycles. The van der Waals surface area contributed by atoms with Gasteiger partial charge in [-0.05, 0) is 30.3 Å². The highest BCUT2D eigenvalue weighted by Gasteiger charge is 2.30. The number of methoxy groups -OCH3 is 1. The number of rotatable bonds is 7. The maximum atomic E-state index is 12.6. The molecule has 11 heteroatoms. The molecule has 0 radical (unpaired) electrons. The zero-order valence-corrected chi connectivity index (χ0v) is 14.9. The summed E-state index contributed by atoms with van der Waals surface area (Å²) in [7, 11) is 1.29. The van der Waals surface area contributed by atoms with Gasteiger partial charge in [0, 0.05) is 29.7 Å². The highest BCUT2D eigenvalue weighted by molar-refractivity contribution is 5.96. The van der Waals surface area contributed by atoms with Gasteiger partial charge < -0.3 is 15.2 Å². The Morgan fingerprint density at radius 3 is 2.31 bits per heavy atom. The Labute approximate surface area is 162 Å². The van der Waals surface area contributed by atoms with Crippen molar-refractivity contribution in [2.45, 2.75) is 18.6 Å². The third-order valence-corrected chi connectivity index (χ3v) is 3.98. The molecule has 8 nitrogen and oxygen atoms in total. The van der Waals surface area contributed by atoms with Gasteiger partial charge in [0.2, 0.25) is 0 Å². The summed E-state index contributed by atoms with van der Waals surface area (Å²) in [6.07, 6.45) is -4.91. The first-order chi connectivity index (χ1) is 13.5. The van der Waals surface area contributed by atoms with Gasteiger partial charge in [-0.15, -0.1) is 0 Å². The molecule has 0 heterocycles. The van der Waals surface area contributed by atoms with Crippen LogP contribution < -0.4 is 10.1 Å². The SMILES string of the molecule is COc1ccc([N+](=O)[O-])cc1C[C@H](NC(=O)c1ccc(C(F)(F)F)cc1)C(=O)O. The second-order valence-corrected chi connectivity index (χ2v) is 5.90. The molecule has 0 spiro atoms. The van der Waals surface area contributed by atoms with Gasteiger partial charge in [-0.2, -0.15) is 13.2 Å². The fourth-order valence-electron chi connectivity index (χ4n) is 2.51. The van der Waals surface area contributed by atoms with Crippen LogP contribution >= 0.6 is 0 Å². The Morgan fingerprint density at radius 2 is 1.83 bits per heavy atom. The number of aliphatic carboxylic acids is 1. The number of non-ortho nitro benzene ring substituents is 1. The van der Waals surface area contributed by atoms with Gasteiger partial charge in [0.15, 0.2) is 0 Å². The molecule has 0 fully saturated rings.